The van der Waals surface area contributed by atoms with Crippen molar-refractivity contribution in [1.82, 2.24) is 5.32 Å². The first-order chi connectivity index (χ1) is 8.99. The zero-order valence-corrected chi connectivity index (χ0v) is 12.4. The van der Waals surface area contributed by atoms with E-state index in [1.165, 1.54) is 6.07 Å². The smallest absolute Gasteiger partial charge is 0.274 e. The third kappa shape index (κ3) is 4.48. The molecule has 4 nitrogen and oxygen atoms in total. The maximum Gasteiger partial charge on any atom is 0.274 e. The Labute approximate surface area is 119 Å². The van der Waals surface area contributed by atoms with Gasteiger partial charge in [0, 0.05) is 22.7 Å². The number of halogens is 1. The highest BCUT2D eigenvalue weighted by atomic mass is 35.5. The summed E-state index contributed by atoms with van der Waals surface area (Å²) in [5.41, 5.74) is 0.876. The van der Waals surface area contributed by atoms with E-state index in [0.717, 1.165) is 18.5 Å². The van der Waals surface area contributed by atoms with Crippen LogP contribution in [-0.2, 0) is 6.42 Å². The zero-order valence-electron chi connectivity index (χ0n) is 11.6. The molecule has 2 unspecified atom stereocenters. The van der Waals surface area contributed by atoms with E-state index in [1.807, 2.05) is 0 Å². The molecule has 1 N–H and O–H groups in total. The molecule has 0 fully saturated rings. The highest BCUT2D eigenvalue weighted by molar-refractivity contribution is 6.30. The Bertz CT molecular complexity index is 437. The molecule has 0 heterocycles. The van der Waals surface area contributed by atoms with Crippen LogP contribution in [-0.4, -0.2) is 17.5 Å². The van der Waals surface area contributed by atoms with Crippen molar-refractivity contribution in [2.24, 2.45) is 5.92 Å². The number of rotatable bonds is 7. The van der Waals surface area contributed by atoms with Gasteiger partial charge in [0.1, 0.15) is 0 Å². The quantitative estimate of drug-likeness (QED) is 0.612. The summed E-state index contributed by atoms with van der Waals surface area (Å²) < 4.78 is 0. The Morgan fingerprint density at radius 2 is 2.11 bits per heavy atom. The van der Waals surface area contributed by atoms with Crippen molar-refractivity contribution in [3.8, 4) is 0 Å². The Hall–Kier alpha value is -1.13. The van der Waals surface area contributed by atoms with E-state index in [4.69, 9.17) is 11.6 Å². The fourth-order valence-corrected chi connectivity index (χ4v) is 2.49. The highest BCUT2D eigenvalue weighted by Gasteiger charge is 2.21. The van der Waals surface area contributed by atoms with Gasteiger partial charge in [-0.1, -0.05) is 37.9 Å². The summed E-state index contributed by atoms with van der Waals surface area (Å²) in [7, 11) is 0. The van der Waals surface area contributed by atoms with E-state index < -0.39 is 0 Å². The third-order valence-electron chi connectivity index (χ3n) is 3.48. The molecule has 1 aromatic rings. The molecule has 0 aliphatic heterocycles. The minimum absolute atomic E-state index is 0.120. The van der Waals surface area contributed by atoms with Gasteiger partial charge in [-0.2, -0.15) is 0 Å². The first-order valence-electron chi connectivity index (χ1n) is 6.65. The minimum Gasteiger partial charge on any atom is -0.314 e. The maximum atomic E-state index is 11.1. The van der Waals surface area contributed by atoms with Crippen LogP contribution < -0.4 is 5.32 Å². The fourth-order valence-electron chi connectivity index (χ4n) is 2.33. The lowest BCUT2D eigenvalue weighted by molar-refractivity contribution is -0.385. The molecule has 2 atom stereocenters. The molecule has 0 radical (unpaired) electrons. The number of nitrogens with zero attached hydrogens (tertiary/aromatic N) is 1. The van der Waals surface area contributed by atoms with Gasteiger partial charge in [0.05, 0.1) is 4.92 Å². The molecule has 0 aliphatic rings. The fraction of sp³-hybridized carbons (Fsp3) is 0.571. The molecular formula is C14H21ClN2O2. The lowest BCUT2D eigenvalue weighted by Gasteiger charge is -2.23. The molecule has 1 rings (SSSR count). The van der Waals surface area contributed by atoms with Crippen LogP contribution in [0.3, 0.4) is 0 Å². The highest BCUT2D eigenvalue weighted by Crippen LogP contribution is 2.27. The van der Waals surface area contributed by atoms with E-state index in [2.05, 4.69) is 26.1 Å². The Kier molecular flexibility index (Phi) is 6.25. The van der Waals surface area contributed by atoms with Crippen LogP contribution in [0, 0.1) is 16.0 Å². The van der Waals surface area contributed by atoms with Crippen molar-refractivity contribution in [2.45, 2.75) is 39.7 Å². The summed E-state index contributed by atoms with van der Waals surface area (Å²) in [6.45, 7) is 7.20. The van der Waals surface area contributed by atoms with E-state index in [9.17, 15) is 10.1 Å². The second-order valence-corrected chi connectivity index (χ2v) is 5.19. The summed E-state index contributed by atoms with van der Waals surface area (Å²) in [5, 5.41) is 14.9. The number of nitro groups is 1. The van der Waals surface area contributed by atoms with Gasteiger partial charge in [0.25, 0.3) is 5.69 Å². The van der Waals surface area contributed by atoms with Crippen LogP contribution in [0.2, 0.25) is 5.02 Å². The molecule has 19 heavy (non-hydrogen) atoms. The number of nitro benzene ring substituents is 1. The number of hydrogen-bond donors (Lipinski definition) is 1. The molecular weight excluding hydrogens is 264 g/mol. The van der Waals surface area contributed by atoms with Gasteiger partial charge in [0.2, 0.25) is 0 Å². The molecule has 0 bridgehead atoms. The predicted molar refractivity (Wildman–Crippen MR) is 78.7 cm³/mol. The van der Waals surface area contributed by atoms with Gasteiger partial charge in [0.15, 0.2) is 0 Å². The monoisotopic (exact) mass is 284 g/mol. The molecule has 0 aromatic heterocycles. The molecule has 0 saturated heterocycles. The van der Waals surface area contributed by atoms with Crippen molar-refractivity contribution < 1.29 is 4.92 Å². The summed E-state index contributed by atoms with van der Waals surface area (Å²) in [5.74, 6) is 0.375. The van der Waals surface area contributed by atoms with Crippen molar-refractivity contribution >= 4 is 17.3 Å². The van der Waals surface area contributed by atoms with Gasteiger partial charge in [-0.15, -0.1) is 0 Å². The topological polar surface area (TPSA) is 55.2 Å². The molecule has 0 amide bonds. The lowest BCUT2D eigenvalue weighted by Crippen LogP contribution is -2.34. The molecule has 0 saturated carbocycles. The van der Waals surface area contributed by atoms with Crippen molar-refractivity contribution in [1.29, 1.82) is 0 Å². The average Bonchev–Trinajstić information content (AvgIpc) is 2.37. The Balaban J connectivity index is 2.93. The number of hydrogen-bond acceptors (Lipinski definition) is 3. The van der Waals surface area contributed by atoms with Gasteiger partial charge < -0.3 is 5.32 Å². The summed E-state index contributed by atoms with van der Waals surface area (Å²) in [6, 6.07) is 5.25. The number of nitrogens with one attached hydrogen (secondary N) is 1. The van der Waals surface area contributed by atoms with Crippen LogP contribution in [0.25, 0.3) is 0 Å². The van der Waals surface area contributed by atoms with Crippen LogP contribution in [0.4, 0.5) is 5.69 Å². The SMILES string of the molecule is CCNC(C)C(CC)Cc1ccc(Cl)cc1[N+](=O)[O-]. The number of benzene rings is 1. The lowest BCUT2D eigenvalue weighted by atomic mass is 9.90. The van der Waals surface area contributed by atoms with Gasteiger partial charge in [-0.05, 0) is 31.9 Å². The largest absolute Gasteiger partial charge is 0.314 e. The van der Waals surface area contributed by atoms with Gasteiger partial charge >= 0.3 is 0 Å². The maximum absolute atomic E-state index is 11.1. The Morgan fingerprint density at radius 3 is 2.63 bits per heavy atom. The third-order valence-corrected chi connectivity index (χ3v) is 3.72. The standard InChI is InChI=1S/C14H21ClN2O2/c1-4-11(10(3)16-5-2)8-12-6-7-13(15)9-14(12)17(18)19/h6-7,9-11,16H,4-5,8H2,1-3H3. The first-order valence-corrected chi connectivity index (χ1v) is 7.03. The summed E-state index contributed by atoms with van der Waals surface area (Å²) >= 11 is 5.83. The van der Waals surface area contributed by atoms with E-state index in [-0.39, 0.29) is 10.6 Å². The molecule has 106 valence electrons. The molecule has 1 aromatic carbocycles. The summed E-state index contributed by atoms with van der Waals surface area (Å²) in [4.78, 5) is 10.7. The first kappa shape index (κ1) is 15.9. The van der Waals surface area contributed by atoms with E-state index >= 15 is 0 Å². The van der Waals surface area contributed by atoms with E-state index in [1.54, 1.807) is 12.1 Å². The van der Waals surface area contributed by atoms with Crippen LogP contribution >= 0.6 is 11.6 Å². The normalized spacial score (nSPS) is 14.1. The predicted octanol–water partition coefficient (Wildman–Crippen LogP) is 3.81. The molecule has 0 spiro atoms. The van der Waals surface area contributed by atoms with Crippen molar-refractivity contribution in [2.75, 3.05) is 6.54 Å². The second-order valence-electron chi connectivity index (χ2n) is 4.75. The minimum atomic E-state index is -0.355. The van der Waals surface area contributed by atoms with Gasteiger partial charge in [-0.25, -0.2) is 0 Å². The average molecular weight is 285 g/mol. The van der Waals surface area contributed by atoms with E-state index in [0.29, 0.717) is 23.4 Å². The van der Waals surface area contributed by atoms with Crippen molar-refractivity contribution in [3.05, 3.63) is 38.9 Å². The van der Waals surface area contributed by atoms with Crippen LogP contribution in [0.5, 0.6) is 0 Å². The van der Waals surface area contributed by atoms with Crippen LogP contribution in [0.1, 0.15) is 32.8 Å². The van der Waals surface area contributed by atoms with Crippen molar-refractivity contribution in [3.63, 3.8) is 0 Å². The molecule has 0 aliphatic carbocycles. The van der Waals surface area contributed by atoms with Gasteiger partial charge in [-0.3, -0.25) is 10.1 Å². The van der Waals surface area contributed by atoms with Crippen LogP contribution in [0.15, 0.2) is 18.2 Å². The second kappa shape index (κ2) is 7.46. The zero-order chi connectivity index (χ0) is 14.4. The molecule has 5 heteroatoms. The summed E-state index contributed by atoms with van der Waals surface area (Å²) in [6.07, 6.45) is 1.67. The Morgan fingerprint density at radius 1 is 1.42 bits per heavy atom.